The van der Waals surface area contributed by atoms with Gasteiger partial charge in [-0.15, -0.1) is 0 Å². The molecule has 0 saturated heterocycles. The molecule has 2 aromatic rings. The standard InChI is InChI=1S/C25H30N2O5/c1-17-6-11-21(18(2)16-17)22-23(26(12-14-30-3)13-15-31-4)25(29)27(24(22)28)19-7-9-20(32-5)10-8-19/h6-11,16H,12-15H2,1-5H3. The Hall–Kier alpha value is -3.16. The highest BCUT2D eigenvalue weighted by atomic mass is 16.5. The van der Waals surface area contributed by atoms with Crippen molar-refractivity contribution in [3.8, 4) is 5.75 Å². The van der Waals surface area contributed by atoms with Gasteiger partial charge in [0.25, 0.3) is 11.8 Å². The highest BCUT2D eigenvalue weighted by Crippen LogP contribution is 2.36. The van der Waals surface area contributed by atoms with Crippen LogP contribution in [0.15, 0.2) is 48.2 Å². The van der Waals surface area contributed by atoms with Crippen molar-refractivity contribution in [1.82, 2.24) is 4.90 Å². The molecule has 0 N–H and O–H groups in total. The number of amides is 2. The maximum Gasteiger partial charge on any atom is 0.282 e. The van der Waals surface area contributed by atoms with Crippen LogP contribution in [0.1, 0.15) is 16.7 Å². The Balaban J connectivity index is 2.14. The van der Waals surface area contributed by atoms with Crippen molar-refractivity contribution in [1.29, 1.82) is 0 Å². The van der Waals surface area contributed by atoms with Gasteiger partial charge >= 0.3 is 0 Å². The third kappa shape index (κ3) is 4.69. The van der Waals surface area contributed by atoms with E-state index in [2.05, 4.69) is 0 Å². The Morgan fingerprint density at radius 1 is 0.844 bits per heavy atom. The van der Waals surface area contributed by atoms with Crippen LogP contribution in [0.2, 0.25) is 0 Å². The molecule has 7 heteroatoms. The van der Waals surface area contributed by atoms with Gasteiger partial charge in [0.1, 0.15) is 11.4 Å². The fraction of sp³-hybridized carbons (Fsp3) is 0.360. The number of rotatable bonds is 10. The molecule has 170 valence electrons. The lowest BCUT2D eigenvalue weighted by molar-refractivity contribution is -0.120. The van der Waals surface area contributed by atoms with Gasteiger partial charge < -0.3 is 19.1 Å². The minimum atomic E-state index is -0.359. The molecule has 32 heavy (non-hydrogen) atoms. The topological polar surface area (TPSA) is 68.3 Å². The lowest BCUT2D eigenvalue weighted by atomic mass is 9.97. The molecule has 0 saturated carbocycles. The highest BCUT2D eigenvalue weighted by Gasteiger charge is 2.42. The van der Waals surface area contributed by atoms with Gasteiger partial charge in [-0.05, 0) is 49.2 Å². The number of hydrogen-bond acceptors (Lipinski definition) is 6. The first-order valence-electron chi connectivity index (χ1n) is 10.5. The first kappa shape index (κ1) is 23.5. The molecule has 0 aliphatic carbocycles. The quantitative estimate of drug-likeness (QED) is 0.531. The molecule has 0 spiro atoms. The predicted molar refractivity (Wildman–Crippen MR) is 124 cm³/mol. The number of carbonyl (C=O) groups excluding carboxylic acids is 2. The zero-order valence-corrected chi connectivity index (χ0v) is 19.3. The molecular weight excluding hydrogens is 408 g/mol. The summed E-state index contributed by atoms with van der Waals surface area (Å²) in [7, 11) is 4.79. The summed E-state index contributed by atoms with van der Waals surface area (Å²) in [6.07, 6.45) is 0. The Morgan fingerprint density at radius 3 is 2.00 bits per heavy atom. The van der Waals surface area contributed by atoms with E-state index in [1.807, 2.05) is 36.9 Å². The van der Waals surface area contributed by atoms with E-state index in [4.69, 9.17) is 14.2 Å². The van der Waals surface area contributed by atoms with Gasteiger partial charge in [-0.25, -0.2) is 4.90 Å². The van der Waals surface area contributed by atoms with Crippen molar-refractivity contribution in [2.45, 2.75) is 13.8 Å². The highest BCUT2D eigenvalue weighted by molar-refractivity contribution is 6.45. The summed E-state index contributed by atoms with van der Waals surface area (Å²) in [5, 5.41) is 0. The Kier molecular flexibility index (Phi) is 7.66. The largest absolute Gasteiger partial charge is 0.497 e. The number of ether oxygens (including phenoxy) is 3. The van der Waals surface area contributed by atoms with E-state index in [-0.39, 0.29) is 11.8 Å². The Morgan fingerprint density at radius 2 is 1.47 bits per heavy atom. The van der Waals surface area contributed by atoms with Crippen molar-refractivity contribution in [3.63, 3.8) is 0 Å². The van der Waals surface area contributed by atoms with Gasteiger partial charge in [-0.3, -0.25) is 9.59 Å². The van der Waals surface area contributed by atoms with Gasteiger partial charge in [0.15, 0.2) is 0 Å². The maximum absolute atomic E-state index is 13.7. The number of benzene rings is 2. The molecular formula is C25H30N2O5. The van der Waals surface area contributed by atoms with Crippen molar-refractivity contribution < 1.29 is 23.8 Å². The molecule has 2 aromatic carbocycles. The van der Waals surface area contributed by atoms with Crippen molar-refractivity contribution in [2.24, 2.45) is 0 Å². The summed E-state index contributed by atoms with van der Waals surface area (Å²) in [5.41, 5.74) is 4.04. The number of methoxy groups -OCH3 is 3. The molecule has 7 nitrogen and oxygen atoms in total. The first-order valence-corrected chi connectivity index (χ1v) is 10.5. The van der Waals surface area contributed by atoms with Crippen molar-refractivity contribution in [2.75, 3.05) is 52.5 Å². The van der Waals surface area contributed by atoms with Crippen LogP contribution in [0.4, 0.5) is 5.69 Å². The van der Waals surface area contributed by atoms with Crippen LogP contribution in [-0.2, 0) is 19.1 Å². The van der Waals surface area contributed by atoms with E-state index in [0.717, 1.165) is 16.7 Å². The van der Waals surface area contributed by atoms with Gasteiger partial charge in [0.05, 0.1) is 31.6 Å². The molecule has 0 aromatic heterocycles. The normalized spacial score (nSPS) is 13.8. The van der Waals surface area contributed by atoms with Crippen LogP contribution in [0.3, 0.4) is 0 Å². The average Bonchev–Trinajstić information content (AvgIpc) is 3.04. The van der Waals surface area contributed by atoms with Crippen LogP contribution in [0.25, 0.3) is 5.57 Å². The van der Waals surface area contributed by atoms with E-state index < -0.39 is 0 Å². The second-order valence-corrected chi connectivity index (χ2v) is 7.66. The van der Waals surface area contributed by atoms with Crippen LogP contribution in [-0.4, -0.2) is 64.3 Å². The average molecular weight is 439 g/mol. The maximum atomic E-state index is 13.7. The van der Waals surface area contributed by atoms with Crippen LogP contribution in [0, 0.1) is 13.8 Å². The number of imide groups is 1. The molecule has 0 fully saturated rings. The number of nitrogens with zero attached hydrogens (tertiary/aromatic N) is 2. The monoisotopic (exact) mass is 438 g/mol. The summed E-state index contributed by atoms with van der Waals surface area (Å²) < 4.78 is 15.7. The second-order valence-electron chi connectivity index (χ2n) is 7.66. The third-order valence-electron chi connectivity index (χ3n) is 5.49. The predicted octanol–water partition coefficient (Wildman–Crippen LogP) is 3.19. The zero-order valence-electron chi connectivity index (χ0n) is 19.3. The molecule has 1 heterocycles. The lowest BCUT2D eigenvalue weighted by Crippen LogP contribution is -2.37. The number of hydrogen-bond donors (Lipinski definition) is 0. The molecule has 0 radical (unpaired) electrons. The fourth-order valence-corrected chi connectivity index (χ4v) is 3.85. The lowest BCUT2D eigenvalue weighted by Gasteiger charge is -2.26. The van der Waals surface area contributed by atoms with E-state index >= 15 is 0 Å². The molecule has 3 rings (SSSR count). The van der Waals surface area contributed by atoms with Crippen LogP contribution in [0.5, 0.6) is 5.75 Å². The van der Waals surface area contributed by atoms with Gasteiger partial charge in [-0.2, -0.15) is 0 Å². The molecule has 1 aliphatic heterocycles. The van der Waals surface area contributed by atoms with Crippen molar-refractivity contribution >= 4 is 23.1 Å². The van der Waals surface area contributed by atoms with Crippen LogP contribution < -0.4 is 9.64 Å². The molecule has 1 aliphatic rings. The molecule has 0 unspecified atom stereocenters. The first-order chi connectivity index (χ1) is 15.4. The summed E-state index contributed by atoms with van der Waals surface area (Å²) in [5.74, 6) is -0.0539. The minimum absolute atomic E-state index is 0.345. The summed E-state index contributed by atoms with van der Waals surface area (Å²) >= 11 is 0. The van der Waals surface area contributed by atoms with E-state index in [9.17, 15) is 9.59 Å². The van der Waals surface area contributed by atoms with Gasteiger partial charge in [-0.1, -0.05) is 23.8 Å². The number of aryl methyl sites for hydroxylation is 2. The minimum Gasteiger partial charge on any atom is -0.497 e. The molecule has 0 atom stereocenters. The zero-order chi connectivity index (χ0) is 23.3. The second kappa shape index (κ2) is 10.4. The van der Waals surface area contributed by atoms with E-state index in [1.54, 1.807) is 45.6 Å². The molecule has 0 bridgehead atoms. The number of carbonyl (C=O) groups is 2. The summed E-state index contributed by atoms with van der Waals surface area (Å²) in [6.45, 7) is 5.70. The molecule has 2 amide bonds. The van der Waals surface area contributed by atoms with E-state index in [1.165, 1.54) is 4.90 Å². The van der Waals surface area contributed by atoms with Gasteiger partial charge in [0, 0.05) is 27.3 Å². The Labute approximate surface area is 189 Å². The van der Waals surface area contributed by atoms with Crippen molar-refractivity contribution in [3.05, 3.63) is 64.9 Å². The smallest absolute Gasteiger partial charge is 0.282 e. The summed E-state index contributed by atoms with van der Waals surface area (Å²) in [4.78, 5) is 30.5. The van der Waals surface area contributed by atoms with E-state index in [0.29, 0.717) is 49.0 Å². The van der Waals surface area contributed by atoms with Gasteiger partial charge in [0.2, 0.25) is 0 Å². The summed E-state index contributed by atoms with van der Waals surface area (Å²) in [6, 6.07) is 12.8. The van der Waals surface area contributed by atoms with Crippen LogP contribution >= 0.6 is 0 Å². The number of anilines is 1. The Bertz CT molecular complexity index is 1010. The SMILES string of the molecule is COCCN(CCOC)C1=C(c2ccc(C)cc2C)C(=O)N(c2ccc(OC)cc2)C1=O. The fourth-order valence-electron chi connectivity index (χ4n) is 3.85. The third-order valence-corrected chi connectivity index (χ3v) is 5.49.